The van der Waals surface area contributed by atoms with Crippen LogP contribution in [-0.4, -0.2) is 9.97 Å². The Hall–Kier alpha value is -3.13. The number of nitrogens with zero attached hydrogens (tertiary/aromatic N) is 4. The summed E-state index contributed by atoms with van der Waals surface area (Å²) < 4.78 is 6.42. The summed E-state index contributed by atoms with van der Waals surface area (Å²) in [5.74, 6) is 1.10. The molecule has 0 aliphatic heterocycles. The number of hydrogen-bond donors (Lipinski definition) is 1. The molecule has 0 saturated heterocycles. The summed E-state index contributed by atoms with van der Waals surface area (Å²) in [6.45, 7) is 10.7. The van der Waals surface area contributed by atoms with Crippen LogP contribution in [0.5, 0.6) is 11.6 Å². The van der Waals surface area contributed by atoms with Crippen LogP contribution >= 0.6 is 27.5 Å². The molecule has 0 aliphatic carbocycles. The van der Waals surface area contributed by atoms with Crippen molar-refractivity contribution in [3.05, 3.63) is 74.1 Å². The number of hydrogen-bond acceptors (Lipinski definition) is 5. The van der Waals surface area contributed by atoms with E-state index in [1.54, 1.807) is 36.4 Å². The van der Waals surface area contributed by atoms with Crippen LogP contribution in [0, 0.1) is 31.8 Å². The van der Waals surface area contributed by atoms with Crippen molar-refractivity contribution in [2.75, 3.05) is 5.32 Å². The van der Waals surface area contributed by atoms with Crippen molar-refractivity contribution in [1.82, 2.24) is 9.97 Å². The minimum absolute atomic E-state index is 0.189. The van der Waals surface area contributed by atoms with Crippen LogP contribution in [0.3, 0.4) is 0 Å². The highest BCUT2D eigenvalue weighted by Gasteiger charge is 2.16. The lowest BCUT2D eigenvalue weighted by atomic mass is 10.1. The fraction of sp³-hybridized carbons (Fsp3) is 0.100. The van der Waals surface area contributed by atoms with Gasteiger partial charge in [0.05, 0.1) is 18.2 Å². The Morgan fingerprint density at radius 3 is 2.39 bits per heavy atom. The van der Waals surface area contributed by atoms with Gasteiger partial charge in [-0.2, -0.15) is 15.2 Å². The van der Waals surface area contributed by atoms with Gasteiger partial charge in [-0.3, -0.25) is 0 Å². The third-order valence-corrected chi connectivity index (χ3v) is 5.04. The fourth-order valence-corrected chi connectivity index (χ4v) is 2.96. The summed E-state index contributed by atoms with van der Waals surface area (Å²) in [5, 5.41) is 12.3. The first kappa shape index (κ1) is 19.6. The SMILES string of the molecule is [C-]#[N+]c1ccc(Nc2nc(Cl)c(Br)c(Oc3c(C)cc(C#N)cc3C)n2)cc1. The van der Waals surface area contributed by atoms with Gasteiger partial charge in [-0.1, -0.05) is 23.7 Å². The van der Waals surface area contributed by atoms with Crippen molar-refractivity contribution in [3.63, 3.8) is 0 Å². The molecule has 1 aromatic heterocycles. The van der Waals surface area contributed by atoms with Crippen molar-refractivity contribution >= 4 is 44.9 Å². The molecule has 0 radical (unpaired) electrons. The molecule has 1 N–H and O–H groups in total. The first-order valence-electron chi connectivity index (χ1n) is 8.08. The van der Waals surface area contributed by atoms with Crippen LogP contribution in [0.15, 0.2) is 40.9 Å². The molecular formula is C20H13BrClN5O. The highest BCUT2D eigenvalue weighted by atomic mass is 79.9. The zero-order chi connectivity index (χ0) is 20.3. The molecule has 1 heterocycles. The summed E-state index contributed by atoms with van der Waals surface area (Å²) in [5.41, 5.74) is 3.43. The maximum atomic E-state index is 9.10. The molecule has 2 aromatic carbocycles. The quantitative estimate of drug-likeness (QED) is 0.361. The lowest BCUT2D eigenvalue weighted by Crippen LogP contribution is -2.01. The van der Waals surface area contributed by atoms with Crippen LogP contribution in [0.1, 0.15) is 16.7 Å². The number of anilines is 2. The molecule has 28 heavy (non-hydrogen) atoms. The average Bonchev–Trinajstić information content (AvgIpc) is 2.68. The predicted molar refractivity (Wildman–Crippen MR) is 111 cm³/mol. The Morgan fingerprint density at radius 2 is 1.82 bits per heavy atom. The molecule has 3 rings (SSSR count). The number of aromatic nitrogens is 2. The van der Waals surface area contributed by atoms with Gasteiger partial charge in [0, 0.05) is 5.69 Å². The van der Waals surface area contributed by atoms with E-state index in [-0.39, 0.29) is 17.0 Å². The lowest BCUT2D eigenvalue weighted by molar-refractivity contribution is 0.452. The van der Waals surface area contributed by atoms with E-state index in [2.05, 4.69) is 42.1 Å². The van der Waals surface area contributed by atoms with Gasteiger partial charge < -0.3 is 10.1 Å². The van der Waals surface area contributed by atoms with Crippen molar-refractivity contribution < 1.29 is 4.74 Å². The van der Waals surface area contributed by atoms with Gasteiger partial charge in [-0.05, 0) is 65.2 Å². The van der Waals surface area contributed by atoms with Gasteiger partial charge in [0.25, 0.3) is 0 Å². The first-order chi connectivity index (χ1) is 13.4. The minimum atomic E-state index is 0.189. The average molecular weight is 455 g/mol. The van der Waals surface area contributed by atoms with Gasteiger partial charge in [-0.15, -0.1) is 0 Å². The maximum absolute atomic E-state index is 9.10. The van der Waals surface area contributed by atoms with Crippen molar-refractivity contribution in [3.8, 4) is 17.7 Å². The maximum Gasteiger partial charge on any atom is 0.240 e. The van der Waals surface area contributed by atoms with Crippen LogP contribution in [0.25, 0.3) is 4.85 Å². The standard InChI is InChI=1S/C20H13BrClN5O/c1-11-8-13(10-23)9-12(2)17(11)28-19-16(21)18(22)26-20(27-19)25-15-6-4-14(24-3)5-7-15/h4-9H,1-2H3,(H,25,26,27). The van der Waals surface area contributed by atoms with E-state index >= 15 is 0 Å². The molecule has 0 bridgehead atoms. The van der Waals surface area contributed by atoms with Gasteiger partial charge in [0.15, 0.2) is 10.8 Å². The minimum Gasteiger partial charge on any atom is -0.437 e. The molecule has 0 atom stereocenters. The highest BCUT2D eigenvalue weighted by Crippen LogP contribution is 2.36. The van der Waals surface area contributed by atoms with E-state index in [1.165, 1.54) is 0 Å². The zero-order valence-corrected chi connectivity index (χ0v) is 17.3. The monoisotopic (exact) mass is 453 g/mol. The number of ether oxygens (including phenoxy) is 1. The number of aryl methyl sites for hydroxylation is 2. The zero-order valence-electron chi connectivity index (χ0n) is 14.9. The van der Waals surface area contributed by atoms with Gasteiger partial charge in [0.1, 0.15) is 10.2 Å². The summed E-state index contributed by atoms with van der Waals surface area (Å²) in [6.07, 6.45) is 0. The van der Waals surface area contributed by atoms with Crippen molar-refractivity contribution in [2.45, 2.75) is 13.8 Å². The fourth-order valence-electron chi connectivity index (χ4n) is 2.54. The van der Waals surface area contributed by atoms with Gasteiger partial charge in [0.2, 0.25) is 11.8 Å². The normalized spacial score (nSPS) is 10.1. The lowest BCUT2D eigenvalue weighted by Gasteiger charge is -2.14. The number of benzene rings is 2. The molecule has 3 aromatic rings. The Kier molecular flexibility index (Phi) is 5.79. The second-order valence-electron chi connectivity index (χ2n) is 5.89. The van der Waals surface area contributed by atoms with Crippen molar-refractivity contribution in [1.29, 1.82) is 5.26 Å². The van der Waals surface area contributed by atoms with E-state index < -0.39 is 0 Å². The molecule has 6 nitrogen and oxygen atoms in total. The smallest absolute Gasteiger partial charge is 0.240 e. The summed E-state index contributed by atoms with van der Waals surface area (Å²) in [4.78, 5) is 11.9. The predicted octanol–water partition coefficient (Wildman–Crippen LogP) is 6.47. The third-order valence-electron chi connectivity index (χ3n) is 3.82. The highest BCUT2D eigenvalue weighted by molar-refractivity contribution is 9.10. The molecule has 0 spiro atoms. The molecular weight excluding hydrogens is 442 g/mol. The van der Waals surface area contributed by atoms with Crippen LogP contribution in [0.2, 0.25) is 5.15 Å². The second-order valence-corrected chi connectivity index (χ2v) is 7.04. The Balaban J connectivity index is 1.94. The Bertz CT molecular complexity index is 1110. The molecule has 0 saturated carbocycles. The van der Waals surface area contributed by atoms with Crippen LogP contribution < -0.4 is 10.1 Å². The van der Waals surface area contributed by atoms with Gasteiger partial charge in [-0.25, -0.2) is 4.85 Å². The number of nitriles is 1. The van der Waals surface area contributed by atoms with E-state index in [9.17, 15) is 0 Å². The molecule has 8 heteroatoms. The molecule has 0 amide bonds. The Morgan fingerprint density at radius 1 is 1.18 bits per heavy atom. The van der Waals surface area contributed by atoms with Crippen LogP contribution in [0.4, 0.5) is 17.3 Å². The molecule has 0 fully saturated rings. The molecule has 138 valence electrons. The number of nitrogens with one attached hydrogen (secondary N) is 1. The Labute approximate surface area is 175 Å². The van der Waals surface area contributed by atoms with E-state index in [0.29, 0.717) is 27.2 Å². The summed E-state index contributed by atoms with van der Waals surface area (Å²) in [7, 11) is 0. The van der Waals surface area contributed by atoms with Crippen LogP contribution in [-0.2, 0) is 0 Å². The topological polar surface area (TPSA) is 75.2 Å². The summed E-state index contributed by atoms with van der Waals surface area (Å²) in [6, 6.07) is 12.5. The molecule has 0 aliphatic rings. The van der Waals surface area contributed by atoms with E-state index in [0.717, 1.165) is 11.1 Å². The van der Waals surface area contributed by atoms with Crippen molar-refractivity contribution in [2.24, 2.45) is 0 Å². The molecule has 0 unspecified atom stereocenters. The van der Waals surface area contributed by atoms with E-state index in [1.807, 2.05) is 13.8 Å². The number of halogens is 2. The second kappa shape index (κ2) is 8.26. The van der Waals surface area contributed by atoms with E-state index in [4.69, 9.17) is 28.2 Å². The third kappa shape index (κ3) is 4.23. The largest absolute Gasteiger partial charge is 0.437 e. The van der Waals surface area contributed by atoms with Gasteiger partial charge >= 0.3 is 0 Å². The number of rotatable bonds is 4. The summed E-state index contributed by atoms with van der Waals surface area (Å²) >= 11 is 9.58. The first-order valence-corrected chi connectivity index (χ1v) is 9.25.